The van der Waals surface area contributed by atoms with Crippen molar-refractivity contribution >= 4 is 97.2 Å². The molecule has 30 heteroatoms. The van der Waals surface area contributed by atoms with Crippen molar-refractivity contribution in [1.29, 1.82) is 0 Å². The largest absolute Gasteiger partial charge is 0.481 e. The Hall–Kier alpha value is -13.2. The Balaban J connectivity index is 0.000000159. The van der Waals surface area contributed by atoms with Crippen molar-refractivity contribution in [3.05, 3.63) is 277 Å². The molecule has 0 unspecified atom stereocenters. The van der Waals surface area contributed by atoms with E-state index in [1.807, 2.05) is 122 Å². The fraction of sp³-hybridized carbons (Fsp3) is 0.420. The molecule has 18 rings (SSSR count). The van der Waals surface area contributed by atoms with E-state index in [-0.39, 0.29) is 108 Å². The van der Waals surface area contributed by atoms with Crippen LogP contribution in [0, 0.1) is 35.5 Å². The summed E-state index contributed by atoms with van der Waals surface area (Å²) in [5, 5.41) is 36.5. The number of aliphatic carboxylic acids is 3. The van der Waals surface area contributed by atoms with Gasteiger partial charge in [0.1, 0.15) is 22.3 Å². The molecule has 3 aliphatic heterocycles. The number of hydrogen-bond acceptors (Lipinski definition) is 20. The van der Waals surface area contributed by atoms with Gasteiger partial charge in [0.05, 0.1) is 33.9 Å². The molecule has 6 aliphatic rings. The van der Waals surface area contributed by atoms with Crippen molar-refractivity contribution < 1.29 is 66.9 Å². The third kappa shape index (κ3) is 28.1. The highest BCUT2D eigenvalue weighted by atomic mass is 32.2. The van der Waals surface area contributed by atoms with Gasteiger partial charge < -0.3 is 46.0 Å². The zero-order valence-corrected chi connectivity index (χ0v) is 89.9. The zero-order valence-electron chi connectivity index (χ0n) is 86.6. The van der Waals surface area contributed by atoms with E-state index in [1.165, 1.54) is 162 Å². The molecule has 149 heavy (non-hydrogen) atoms. The highest BCUT2D eigenvalue weighted by molar-refractivity contribution is 7.92. The molecule has 12 aromatic rings. The SMILES string of the molecule is CCC1CCC(c2ccc(-c3cnc(-c4ccc(C[C@H](NC(=O)Cc5ccc(C(C)(C)C)s5)C(=O)N5CC(C(=O)O)C5)cc4)nc3)cc2)CC1.CCC1CCC(c2ccc(-c3cnc(-c4ccc(C[C@H](NC(=O)c5ccc(S(C)(=O)=O)s5)C(=O)N5CC(C(=O)O)C5)cc4)nc3)cc2)CC1.CCCC1CCC(c2ccc(-c3cnc(-c4ccc(C[C@H](NC(=O)c5ccc(C(C)(C)C)s5)C(=O)N5CC(C(=O)O)C5)cc4)nc3)cc2)CC1. The molecule has 0 bridgehead atoms. The first-order valence-electron chi connectivity index (χ1n) is 52.4. The summed E-state index contributed by atoms with van der Waals surface area (Å²) in [4.78, 5) is 150. The lowest BCUT2D eigenvalue weighted by atomic mass is 9.77. The molecule has 3 atom stereocenters. The van der Waals surface area contributed by atoms with Crippen LogP contribution in [0.3, 0.4) is 0 Å². The van der Waals surface area contributed by atoms with Gasteiger partial charge in [-0.25, -0.2) is 38.3 Å². The van der Waals surface area contributed by atoms with Gasteiger partial charge in [0.2, 0.25) is 23.6 Å². The fourth-order valence-electron chi connectivity index (χ4n) is 20.7. The molecule has 6 amide bonds. The van der Waals surface area contributed by atoms with Crippen LogP contribution in [0.25, 0.3) is 67.5 Å². The average Bonchev–Trinajstić information content (AvgIpc) is 1.07. The second-order valence-corrected chi connectivity index (χ2v) is 48.8. The number of sulfone groups is 1. The number of thiophene rings is 3. The Kier molecular flexibility index (Phi) is 35.4. The van der Waals surface area contributed by atoms with Gasteiger partial charge >= 0.3 is 17.9 Å². The molecule has 3 aliphatic carbocycles. The Labute approximate surface area is 885 Å². The number of carboxylic acids is 3. The van der Waals surface area contributed by atoms with Crippen molar-refractivity contribution in [2.45, 2.75) is 242 Å². The third-order valence-electron chi connectivity index (χ3n) is 30.4. The lowest BCUT2D eigenvalue weighted by Crippen LogP contribution is -2.59. The Bertz CT molecular complexity index is 6760. The summed E-state index contributed by atoms with van der Waals surface area (Å²) in [7, 11) is -3.49. The molecule has 0 radical (unpaired) electrons. The van der Waals surface area contributed by atoms with Gasteiger partial charge in [-0.05, 0) is 210 Å². The first-order chi connectivity index (χ1) is 71.4. The first-order valence-corrected chi connectivity index (χ1v) is 56.8. The van der Waals surface area contributed by atoms with E-state index < -0.39 is 75.4 Å². The quantitative estimate of drug-likeness (QED) is 0.0222. The molecule has 0 spiro atoms. The van der Waals surface area contributed by atoms with Crippen LogP contribution in [0.2, 0.25) is 0 Å². The number of rotatable bonds is 33. The second-order valence-electron chi connectivity index (χ2n) is 43.2. The summed E-state index contributed by atoms with van der Waals surface area (Å²) in [6, 6.07) is 57.3. The molecular weight excluding hydrogens is 1950 g/mol. The topological polar surface area (TPSA) is 372 Å². The van der Waals surface area contributed by atoms with Gasteiger partial charge in [-0.2, -0.15) is 0 Å². The Morgan fingerprint density at radius 1 is 0.356 bits per heavy atom. The van der Waals surface area contributed by atoms with Gasteiger partial charge in [0.25, 0.3) is 11.8 Å². The molecule has 6 aromatic carbocycles. The van der Waals surface area contributed by atoms with Crippen molar-refractivity contribution in [3.63, 3.8) is 0 Å². The molecule has 3 saturated carbocycles. The molecule has 6 N–H and O–H groups in total. The first kappa shape index (κ1) is 109. The van der Waals surface area contributed by atoms with E-state index in [2.05, 4.69) is 187 Å². The van der Waals surface area contributed by atoms with Crippen LogP contribution in [-0.2, 0) is 79.9 Å². The number of aromatic nitrogens is 6. The second kappa shape index (κ2) is 48.6. The van der Waals surface area contributed by atoms with Gasteiger partial charge in [-0.15, -0.1) is 34.0 Å². The number of hydrogen-bond donors (Lipinski definition) is 6. The maximum absolute atomic E-state index is 13.5. The lowest BCUT2D eigenvalue weighted by Gasteiger charge is -2.39. The van der Waals surface area contributed by atoms with Crippen LogP contribution in [0.5, 0.6) is 0 Å². The lowest BCUT2D eigenvalue weighted by molar-refractivity contribution is -0.155. The minimum atomic E-state index is -3.49. The van der Waals surface area contributed by atoms with Gasteiger partial charge in [0, 0.05) is 150 Å². The minimum absolute atomic E-state index is 0.00552. The summed E-state index contributed by atoms with van der Waals surface area (Å²) >= 11 is 3.85. The van der Waals surface area contributed by atoms with E-state index in [9.17, 15) is 66.9 Å². The van der Waals surface area contributed by atoms with Crippen LogP contribution in [0.4, 0.5) is 0 Å². The van der Waals surface area contributed by atoms with Crippen molar-refractivity contribution in [3.8, 4) is 67.5 Å². The summed E-state index contributed by atoms with van der Waals surface area (Å²) in [5.41, 5.74) is 15.3. The van der Waals surface area contributed by atoms with Gasteiger partial charge in [0.15, 0.2) is 27.3 Å². The maximum atomic E-state index is 13.5. The summed E-state index contributed by atoms with van der Waals surface area (Å²) in [6.07, 6.45) is 33.8. The number of nitrogens with one attached hydrogen (secondary N) is 3. The Morgan fingerprint density at radius 2 is 0.651 bits per heavy atom. The zero-order chi connectivity index (χ0) is 106. The van der Waals surface area contributed by atoms with E-state index in [1.54, 1.807) is 17.4 Å². The predicted octanol–water partition coefficient (Wildman–Crippen LogP) is 21.6. The normalized spacial score (nSPS) is 18.7. The third-order valence-corrected chi connectivity index (χ3v) is 36.3. The van der Waals surface area contributed by atoms with Crippen LogP contribution in [0.15, 0.2) is 223 Å². The molecule has 26 nitrogen and oxygen atoms in total. The number of carbonyl (C=O) groups is 9. The summed E-state index contributed by atoms with van der Waals surface area (Å²) in [5.74, 6) is -0.266. The predicted molar refractivity (Wildman–Crippen MR) is 584 cm³/mol. The van der Waals surface area contributed by atoms with Crippen LogP contribution < -0.4 is 16.0 Å². The molecule has 780 valence electrons. The molecule has 3 saturated heterocycles. The summed E-state index contributed by atoms with van der Waals surface area (Å²) in [6.45, 7) is 20.3. The Morgan fingerprint density at radius 3 is 0.940 bits per heavy atom. The van der Waals surface area contributed by atoms with Gasteiger partial charge in [-0.3, -0.25) is 43.2 Å². The molecule has 9 heterocycles. The highest BCUT2D eigenvalue weighted by Crippen LogP contribution is 2.43. The molecule has 6 fully saturated rings. The highest BCUT2D eigenvalue weighted by Gasteiger charge is 2.43. The van der Waals surface area contributed by atoms with Crippen LogP contribution in [0.1, 0.15) is 250 Å². The van der Waals surface area contributed by atoms with Crippen molar-refractivity contribution in [2.24, 2.45) is 35.5 Å². The van der Waals surface area contributed by atoms with E-state index in [4.69, 9.17) is 0 Å². The average molecular weight is 2090 g/mol. The number of nitrogens with zero attached hydrogens (tertiary/aromatic N) is 9. The van der Waals surface area contributed by atoms with E-state index >= 15 is 0 Å². The van der Waals surface area contributed by atoms with Crippen LogP contribution in [-0.4, -0.2) is 185 Å². The van der Waals surface area contributed by atoms with Crippen molar-refractivity contribution in [2.75, 3.05) is 45.5 Å². The molecule has 6 aromatic heterocycles. The molecular formula is C119H136N12O14S4. The van der Waals surface area contributed by atoms with E-state index in [0.717, 1.165) is 112 Å². The standard InChI is InChI=1S/2C41H48N4O4S.C37H40N4O6S2/c1-5-26-6-10-28(11-7-26)29-14-16-30(17-15-29)32-22-42-38(43-23-32)31-12-8-27(9-13-31)20-35(39(47)45-24-33(25-45)40(48)49)44-37(46)21-34-18-19-36(50-34)41(2,3)4;1-5-6-26-7-11-28(12-8-26)29-15-17-30(18-16-29)32-22-42-37(43-23-32)31-13-9-27(10-14-31)21-34(39(47)45-24-33(25-45)40(48)49)44-38(46)35-19-20-36(50-35)41(2,3)4;1-3-23-4-8-25(9-5-23)26-12-14-27(15-13-26)29-19-38-34(39-20-29)28-10-6-24(7-11-28)18-31(36(43)41-21-30(22-41)37(44)45)40-35(42)32-16-17-33(48-32)49(2,46)47/h8-9,12-19,22-23,26,28,33,35H,5-7,10-11,20-21,24-25H2,1-4H3,(H,44,46)(H,48,49);9-10,13-20,22-23,26,28,33-34H,5-8,11-12,21,24-25H2,1-4H3,(H,44,46)(H,48,49);6-7,10-17,19-20,23,25,30-31H,3-5,8-9,18,21-22H2,1-2H3,(H,40,42)(H,44,45)/t26?,28?,35-;26?,28?,34-;23?,25?,31-/m000/s1. The number of carbonyl (C=O) groups excluding carboxylic acids is 6. The number of benzene rings is 6. The monoisotopic (exact) mass is 2080 g/mol. The number of carboxylic acid groups (broad SMARTS) is 3. The smallest absolute Gasteiger partial charge is 0.310 e. The number of likely N-dealkylation sites (tertiary alicyclic amines) is 3. The maximum Gasteiger partial charge on any atom is 0.310 e. The van der Waals surface area contributed by atoms with Gasteiger partial charge in [-0.1, -0.05) is 234 Å². The minimum Gasteiger partial charge on any atom is -0.481 e. The van der Waals surface area contributed by atoms with Crippen LogP contribution >= 0.6 is 34.0 Å². The fourth-order valence-corrected chi connectivity index (χ4v) is 24.6. The summed E-state index contributed by atoms with van der Waals surface area (Å²) < 4.78 is 23.9. The van der Waals surface area contributed by atoms with Crippen molar-refractivity contribution in [1.82, 2.24) is 60.6 Å². The van der Waals surface area contributed by atoms with E-state index in [0.29, 0.717) is 40.1 Å². The number of amides is 6.